The number of benzene rings is 2. The molecular weight excluding hydrogens is 488 g/mol. The Bertz CT molecular complexity index is 1510. The summed E-state index contributed by atoms with van der Waals surface area (Å²) in [6.45, 7) is 0. The number of aromatic nitrogens is 2. The van der Waals surface area contributed by atoms with E-state index in [0.29, 0.717) is 33.1 Å². The van der Waals surface area contributed by atoms with E-state index in [4.69, 9.17) is 16.7 Å². The maximum atomic E-state index is 13.0. The lowest BCUT2D eigenvalue weighted by Crippen LogP contribution is -2.18. The molecule has 0 atom stereocenters. The van der Waals surface area contributed by atoms with E-state index in [1.54, 1.807) is 66.7 Å². The van der Waals surface area contributed by atoms with Crippen LogP contribution in [0.15, 0.2) is 90.1 Å². The Morgan fingerprint density at radius 3 is 2.34 bits per heavy atom. The Morgan fingerprint density at radius 2 is 1.66 bits per heavy atom. The monoisotopic (exact) mass is 506 g/mol. The number of anilines is 1. The molecule has 1 amide bonds. The van der Waals surface area contributed by atoms with Gasteiger partial charge in [-0.15, -0.1) is 0 Å². The fraction of sp³-hybridized carbons (Fsp3) is 0.0400. The number of carbonyl (C=O) groups is 2. The fourth-order valence-corrected chi connectivity index (χ4v) is 4.35. The molecule has 0 aliphatic carbocycles. The van der Waals surface area contributed by atoms with Gasteiger partial charge in [0.05, 0.1) is 9.92 Å². The fourth-order valence-electron chi connectivity index (χ4n) is 3.47. The summed E-state index contributed by atoms with van der Waals surface area (Å²) in [4.78, 5) is 33.9. The van der Waals surface area contributed by atoms with Gasteiger partial charge in [0.2, 0.25) is 10.0 Å². The van der Waals surface area contributed by atoms with Gasteiger partial charge in [-0.3, -0.25) is 14.6 Å². The van der Waals surface area contributed by atoms with Crippen molar-refractivity contribution in [3.63, 3.8) is 0 Å². The summed E-state index contributed by atoms with van der Waals surface area (Å²) in [5.74, 6) is -0.432. The number of rotatable bonds is 7. The summed E-state index contributed by atoms with van der Waals surface area (Å²) in [5.41, 5.74) is 2.00. The molecule has 2 heterocycles. The summed E-state index contributed by atoms with van der Waals surface area (Å²) in [6.07, 6.45) is 2.82. The third-order valence-electron chi connectivity index (χ3n) is 5.14. The minimum atomic E-state index is -3.91. The smallest absolute Gasteiger partial charge is 0.275 e. The van der Waals surface area contributed by atoms with Crippen LogP contribution in [-0.4, -0.2) is 30.1 Å². The van der Waals surface area contributed by atoms with E-state index in [9.17, 15) is 18.0 Å². The van der Waals surface area contributed by atoms with Gasteiger partial charge < -0.3 is 5.32 Å². The van der Waals surface area contributed by atoms with Gasteiger partial charge in [0.25, 0.3) is 5.91 Å². The van der Waals surface area contributed by atoms with Crippen LogP contribution in [0.25, 0.3) is 11.1 Å². The number of sulfonamides is 1. The zero-order chi connectivity index (χ0) is 25.0. The molecule has 4 aromatic rings. The lowest BCUT2D eigenvalue weighted by Gasteiger charge is -2.10. The van der Waals surface area contributed by atoms with E-state index < -0.39 is 15.9 Å². The van der Waals surface area contributed by atoms with Crippen LogP contribution in [-0.2, 0) is 16.4 Å². The Labute approximate surface area is 206 Å². The average Bonchev–Trinajstić information content (AvgIpc) is 2.85. The molecule has 2 aromatic heterocycles. The van der Waals surface area contributed by atoms with E-state index in [1.165, 1.54) is 18.5 Å². The number of amides is 1. The van der Waals surface area contributed by atoms with E-state index in [0.717, 1.165) is 0 Å². The summed E-state index contributed by atoms with van der Waals surface area (Å²) in [5, 5.41) is 8.40. The van der Waals surface area contributed by atoms with Gasteiger partial charge in [0.1, 0.15) is 11.5 Å². The number of Topliss-reactive ketones (excluding diaryl/α,β-unsaturated/α-hetero) is 1. The van der Waals surface area contributed by atoms with Gasteiger partial charge in [0.15, 0.2) is 5.78 Å². The standard InChI is InChI=1S/C25H19ClN4O4S/c26-19-11-12-23(29-15-19)30-25(32)24-18(4-3-13-28-24)14-21(31)17-9-7-16(8-10-17)20-5-1-2-6-22(20)35(27,33)34/h1-13,15H,14H2,(H2,27,33,34)(H,29,30,32). The second-order valence-corrected chi connectivity index (χ2v) is 9.51. The van der Waals surface area contributed by atoms with Gasteiger partial charge in [-0.2, -0.15) is 0 Å². The number of nitrogens with zero attached hydrogens (tertiary/aromatic N) is 2. The van der Waals surface area contributed by atoms with Crippen LogP contribution in [0.5, 0.6) is 0 Å². The molecule has 0 aliphatic heterocycles. The molecule has 10 heteroatoms. The first kappa shape index (κ1) is 24.2. The first-order valence-corrected chi connectivity index (χ1v) is 12.3. The van der Waals surface area contributed by atoms with E-state index in [-0.39, 0.29) is 22.8 Å². The second-order valence-electron chi connectivity index (χ2n) is 7.55. The van der Waals surface area contributed by atoms with Crippen molar-refractivity contribution in [2.24, 2.45) is 5.14 Å². The Balaban J connectivity index is 1.53. The summed E-state index contributed by atoms with van der Waals surface area (Å²) < 4.78 is 23.8. The number of primary sulfonamides is 1. The molecule has 0 saturated carbocycles. The van der Waals surface area contributed by atoms with Gasteiger partial charge in [-0.1, -0.05) is 60.1 Å². The highest BCUT2D eigenvalue weighted by Crippen LogP contribution is 2.27. The summed E-state index contributed by atoms with van der Waals surface area (Å²) >= 11 is 5.82. The third kappa shape index (κ3) is 5.78. The van der Waals surface area contributed by atoms with Crippen LogP contribution in [0.1, 0.15) is 26.4 Å². The average molecular weight is 507 g/mol. The van der Waals surface area contributed by atoms with Crippen molar-refractivity contribution >= 4 is 39.1 Å². The Morgan fingerprint density at radius 1 is 0.914 bits per heavy atom. The number of ketones is 1. The predicted octanol–water partition coefficient (Wildman–Crippen LogP) is 4.12. The van der Waals surface area contributed by atoms with Crippen LogP contribution < -0.4 is 10.5 Å². The van der Waals surface area contributed by atoms with Crippen LogP contribution in [0, 0.1) is 0 Å². The molecular formula is C25H19ClN4O4S. The molecule has 8 nitrogen and oxygen atoms in total. The van der Waals surface area contributed by atoms with Crippen molar-refractivity contribution in [2.45, 2.75) is 11.3 Å². The molecule has 0 saturated heterocycles. The number of hydrogen-bond acceptors (Lipinski definition) is 6. The van der Waals surface area contributed by atoms with Crippen molar-refractivity contribution in [3.05, 3.63) is 107 Å². The van der Waals surface area contributed by atoms with E-state index in [2.05, 4.69) is 15.3 Å². The van der Waals surface area contributed by atoms with Gasteiger partial charge >= 0.3 is 0 Å². The van der Waals surface area contributed by atoms with E-state index in [1.807, 2.05) is 0 Å². The molecule has 0 bridgehead atoms. The van der Waals surface area contributed by atoms with Gasteiger partial charge in [-0.05, 0) is 35.4 Å². The second kappa shape index (κ2) is 10.1. The highest BCUT2D eigenvalue weighted by Gasteiger charge is 2.18. The van der Waals surface area contributed by atoms with Crippen LogP contribution in [0.3, 0.4) is 0 Å². The number of halogens is 1. The quantitative estimate of drug-likeness (QED) is 0.362. The SMILES string of the molecule is NS(=O)(=O)c1ccccc1-c1ccc(C(=O)Cc2cccnc2C(=O)Nc2ccc(Cl)cn2)cc1. The predicted molar refractivity (Wildman–Crippen MR) is 133 cm³/mol. The highest BCUT2D eigenvalue weighted by molar-refractivity contribution is 7.89. The molecule has 0 fully saturated rings. The molecule has 0 spiro atoms. The van der Waals surface area contributed by atoms with Crippen molar-refractivity contribution in [3.8, 4) is 11.1 Å². The normalized spacial score (nSPS) is 11.1. The molecule has 4 rings (SSSR count). The summed E-state index contributed by atoms with van der Waals surface area (Å²) in [6, 6.07) is 19.3. The number of carbonyl (C=O) groups excluding carboxylic acids is 2. The molecule has 176 valence electrons. The lowest BCUT2D eigenvalue weighted by atomic mass is 9.98. The Hall–Kier alpha value is -3.92. The van der Waals surface area contributed by atoms with Crippen molar-refractivity contribution in [2.75, 3.05) is 5.32 Å². The maximum Gasteiger partial charge on any atom is 0.275 e. The number of nitrogens with one attached hydrogen (secondary N) is 1. The highest BCUT2D eigenvalue weighted by atomic mass is 35.5. The van der Waals surface area contributed by atoms with Crippen molar-refractivity contribution < 1.29 is 18.0 Å². The maximum absolute atomic E-state index is 13.0. The van der Waals surface area contributed by atoms with Gasteiger partial charge in [-0.25, -0.2) is 18.5 Å². The molecule has 0 aliphatic rings. The summed E-state index contributed by atoms with van der Waals surface area (Å²) in [7, 11) is -3.91. The number of hydrogen-bond donors (Lipinski definition) is 2. The first-order chi connectivity index (χ1) is 16.7. The molecule has 3 N–H and O–H groups in total. The number of nitrogens with two attached hydrogens (primary N) is 1. The van der Waals surface area contributed by atoms with Crippen LogP contribution in [0.4, 0.5) is 5.82 Å². The Kier molecular flexibility index (Phi) is 7.02. The molecule has 2 aromatic carbocycles. The van der Waals surface area contributed by atoms with Crippen LogP contribution >= 0.6 is 11.6 Å². The van der Waals surface area contributed by atoms with Crippen molar-refractivity contribution in [1.82, 2.24) is 9.97 Å². The zero-order valence-electron chi connectivity index (χ0n) is 18.2. The van der Waals surface area contributed by atoms with Crippen LogP contribution in [0.2, 0.25) is 5.02 Å². The number of pyridine rings is 2. The molecule has 35 heavy (non-hydrogen) atoms. The van der Waals surface area contributed by atoms with Crippen molar-refractivity contribution in [1.29, 1.82) is 0 Å². The zero-order valence-corrected chi connectivity index (χ0v) is 19.8. The molecule has 0 radical (unpaired) electrons. The lowest BCUT2D eigenvalue weighted by molar-refractivity contribution is 0.0992. The van der Waals surface area contributed by atoms with Gasteiger partial charge in [0, 0.05) is 29.9 Å². The minimum absolute atomic E-state index is 0.000248. The third-order valence-corrected chi connectivity index (χ3v) is 6.33. The van der Waals surface area contributed by atoms with E-state index >= 15 is 0 Å². The minimum Gasteiger partial charge on any atom is -0.305 e. The first-order valence-electron chi connectivity index (χ1n) is 10.3. The largest absolute Gasteiger partial charge is 0.305 e. The molecule has 0 unspecified atom stereocenters. The topological polar surface area (TPSA) is 132 Å².